The molecule has 0 saturated heterocycles. The smallest absolute Gasteiger partial charge is 0.258 e. The van der Waals surface area contributed by atoms with Gasteiger partial charge in [0.15, 0.2) is 6.61 Å². The molecule has 0 fully saturated rings. The number of hydrogen-bond acceptors (Lipinski definition) is 3. The Balaban J connectivity index is 2.70. The minimum atomic E-state index is -0.216. The summed E-state index contributed by atoms with van der Waals surface area (Å²) in [5, 5.41) is 3.11. The molecule has 1 rings (SSSR count). The van der Waals surface area contributed by atoms with Gasteiger partial charge in [0.1, 0.15) is 5.75 Å². The van der Waals surface area contributed by atoms with Crippen molar-refractivity contribution in [2.24, 2.45) is 5.73 Å². The van der Waals surface area contributed by atoms with E-state index in [0.29, 0.717) is 23.7 Å². The van der Waals surface area contributed by atoms with Crippen molar-refractivity contribution in [1.29, 1.82) is 0 Å². The van der Waals surface area contributed by atoms with Crippen molar-refractivity contribution in [2.75, 3.05) is 13.2 Å². The second kappa shape index (κ2) is 7.81. The molecule has 0 radical (unpaired) electrons. The van der Waals surface area contributed by atoms with Crippen LogP contribution in [0.5, 0.6) is 5.75 Å². The van der Waals surface area contributed by atoms with Gasteiger partial charge in [0, 0.05) is 12.6 Å². The summed E-state index contributed by atoms with van der Waals surface area (Å²) in [6, 6.07) is 5.45. The fraction of sp³-hybridized carbons (Fsp3) is 0.357. The number of nitrogens with two attached hydrogens (primary N) is 1. The van der Waals surface area contributed by atoms with Gasteiger partial charge in [-0.3, -0.25) is 4.79 Å². The molecule has 19 heavy (non-hydrogen) atoms. The number of carbonyl (C=O) groups is 1. The zero-order valence-corrected chi connectivity index (χ0v) is 11.7. The summed E-state index contributed by atoms with van der Waals surface area (Å²) in [5.41, 5.74) is 6.68. The van der Waals surface area contributed by atoms with Gasteiger partial charge in [0.25, 0.3) is 5.91 Å². The first kappa shape index (κ1) is 15.5. The molecule has 1 aromatic rings. The second-order valence-corrected chi connectivity index (χ2v) is 4.70. The van der Waals surface area contributed by atoms with E-state index < -0.39 is 0 Å². The number of para-hydroxylation sites is 1. The maximum absolute atomic E-state index is 11.5. The molecule has 0 aromatic heterocycles. The van der Waals surface area contributed by atoms with Crippen molar-refractivity contribution in [2.45, 2.75) is 19.4 Å². The first-order valence-corrected chi connectivity index (χ1v) is 6.45. The highest BCUT2D eigenvalue weighted by atomic mass is 35.5. The number of amides is 1. The summed E-state index contributed by atoms with van der Waals surface area (Å²) in [5.74, 6) is 0.307. The van der Waals surface area contributed by atoms with Crippen LogP contribution in [0.1, 0.15) is 12.5 Å². The molecule has 1 aromatic carbocycles. The molecular formula is C14H19ClN2O2. The summed E-state index contributed by atoms with van der Waals surface area (Å²) in [7, 11) is 0. The van der Waals surface area contributed by atoms with Crippen LogP contribution in [0.3, 0.4) is 0 Å². The second-order valence-electron chi connectivity index (χ2n) is 4.29. The van der Waals surface area contributed by atoms with E-state index in [1.807, 2.05) is 19.1 Å². The van der Waals surface area contributed by atoms with E-state index in [4.69, 9.17) is 22.1 Å². The minimum absolute atomic E-state index is 0.00425. The van der Waals surface area contributed by atoms with Crippen LogP contribution in [0, 0.1) is 0 Å². The van der Waals surface area contributed by atoms with Crippen LogP contribution in [0.4, 0.5) is 0 Å². The predicted molar refractivity (Wildman–Crippen MR) is 77.5 cm³/mol. The van der Waals surface area contributed by atoms with E-state index >= 15 is 0 Å². The molecule has 0 spiro atoms. The van der Waals surface area contributed by atoms with Crippen molar-refractivity contribution >= 4 is 17.5 Å². The molecule has 1 amide bonds. The van der Waals surface area contributed by atoms with E-state index in [2.05, 4.69) is 11.9 Å². The Morgan fingerprint density at radius 2 is 2.37 bits per heavy atom. The molecule has 0 aliphatic carbocycles. The third-order valence-corrected chi connectivity index (χ3v) is 2.68. The average Bonchev–Trinajstić information content (AvgIpc) is 2.35. The normalized spacial score (nSPS) is 11.7. The molecule has 0 bridgehead atoms. The molecule has 4 nitrogen and oxygen atoms in total. The van der Waals surface area contributed by atoms with Gasteiger partial charge in [0.05, 0.1) is 5.02 Å². The van der Waals surface area contributed by atoms with Crippen LogP contribution < -0.4 is 15.8 Å². The van der Waals surface area contributed by atoms with Crippen molar-refractivity contribution in [3.8, 4) is 5.75 Å². The lowest BCUT2D eigenvalue weighted by molar-refractivity contribution is -0.122. The minimum Gasteiger partial charge on any atom is -0.482 e. The Kier molecular flexibility index (Phi) is 6.39. The van der Waals surface area contributed by atoms with E-state index in [-0.39, 0.29) is 18.6 Å². The van der Waals surface area contributed by atoms with E-state index in [0.717, 1.165) is 5.56 Å². The Morgan fingerprint density at radius 3 is 3.00 bits per heavy atom. The number of nitrogens with one attached hydrogen (secondary N) is 1. The quantitative estimate of drug-likeness (QED) is 0.751. The van der Waals surface area contributed by atoms with Gasteiger partial charge in [-0.1, -0.05) is 29.8 Å². The van der Waals surface area contributed by atoms with Gasteiger partial charge in [-0.2, -0.15) is 0 Å². The molecule has 5 heteroatoms. The van der Waals surface area contributed by atoms with E-state index in [9.17, 15) is 4.79 Å². The maximum atomic E-state index is 11.5. The van der Waals surface area contributed by atoms with Gasteiger partial charge in [-0.25, -0.2) is 0 Å². The molecule has 3 N–H and O–H groups in total. The molecule has 1 unspecified atom stereocenters. The van der Waals surface area contributed by atoms with Gasteiger partial charge < -0.3 is 15.8 Å². The first-order valence-electron chi connectivity index (χ1n) is 6.08. The molecule has 104 valence electrons. The Morgan fingerprint density at radius 1 is 1.63 bits per heavy atom. The van der Waals surface area contributed by atoms with Crippen LogP contribution in [-0.4, -0.2) is 25.1 Å². The van der Waals surface area contributed by atoms with Gasteiger partial charge in [-0.05, 0) is 25.0 Å². The van der Waals surface area contributed by atoms with Crippen LogP contribution in [0.15, 0.2) is 30.9 Å². The van der Waals surface area contributed by atoms with E-state index in [1.54, 1.807) is 12.1 Å². The fourth-order valence-electron chi connectivity index (χ4n) is 1.60. The maximum Gasteiger partial charge on any atom is 0.258 e. The van der Waals surface area contributed by atoms with Crippen molar-refractivity contribution in [3.05, 3.63) is 41.4 Å². The third kappa shape index (κ3) is 5.32. The van der Waals surface area contributed by atoms with Crippen LogP contribution in [0.2, 0.25) is 5.02 Å². The van der Waals surface area contributed by atoms with Gasteiger partial charge >= 0.3 is 0 Å². The molecule has 0 aliphatic rings. The average molecular weight is 283 g/mol. The number of carbonyl (C=O) groups excluding carboxylic acids is 1. The summed E-state index contributed by atoms with van der Waals surface area (Å²) in [4.78, 5) is 11.5. The topological polar surface area (TPSA) is 64.3 Å². The van der Waals surface area contributed by atoms with Gasteiger partial charge in [0.2, 0.25) is 0 Å². The summed E-state index contributed by atoms with van der Waals surface area (Å²) in [6.45, 7) is 5.76. The van der Waals surface area contributed by atoms with Gasteiger partial charge in [-0.15, -0.1) is 6.58 Å². The van der Waals surface area contributed by atoms with E-state index in [1.165, 1.54) is 0 Å². The molecule has 0 aliphatic heterocycles. The zero-order chi connectivity index (χ0) is 14.3. The van der Waals surface area contributed by atoms with Crippen LogP contribution in [-0.2, 0) is 11.2 Å². The number of rotatable bonds is 7. The highest BCUT2D eigenvalue weighted by Crippen LogP contribution is 2.29. The lowest BCUT2D eigenvalue weighted by Crippen LogP contribution is -2.29. The number of halogens is 1. The standard InChI is InChI=1S/C14H19ClN2O2/c1-3-7-17-13(18)9-19-14-11(8-10(2)16)5-4-6-12(14)15/h3-6,10H,1,7-9,16H2,2H3,(H,17,18). The van der Waals surface area contributed by atoms with Crippen LogP contribution in [0.25, 0.3) is 0 Å². The Labute approximate surface area is 118 Å². The highest BCUT2D eigenvalue weighted by Gasteiger charge is 2.11. The zero-order valence-electron chi connectivity index (χ0n) is 11.0. The van der Waals surface area contributed by atoms with Crippen molar-refractivity contribution in [3.63, 3.8) is 0 Å². The molecule has 0 saturated carbocycles. The fourth-order valence-corrected chi connectivity index (χ4v) is 1.85. The number of hydrogen-bond donors (Lipinski definition) is 2. The van der Waals surface area contributed by atoms with Crippen molar-refractivity contribution < 1.29 is 9.53 Å². The molecule has 1 atom stereocenters. The predicted octanol–water partition coefficient (Wildman–Crippen LogP) is 1.91. The first-order chi connectivity index (χ1) is 9.04. The van der Waals surface area contributed by atoms with Crippen LogP contribution >= 0.6 is 11.6 Å². The summed E-state index contributed by atoms with van der Waals surface area (Å²) in [6.07, 6.45) is 2.25. The lowest BCUT2D eigenvalue weighted by Gasteiger charge is -2.14. The molecule has 0 heterocycles. The Bertz CT molecular complexity index is 447. The van der Waals surface area contributed by atoms with Crippen molar-refractivity contribution in [1.82, 2.24) is 5.32 Å². The summed E-state index contributed by atoms with van der Waals surface area (Å²) < 4.78 is 5.49. The summed E-state index contributed by atoms with van der Waals surface area (Å²) >= 11 is 6.09. The largest absolute Gasteiger partial charge is 0.482 e. The lowest BCUT2D eigenvalue weighted by atomic mass is 10.1. The number of benzene rings is 1. The SMILES string of the molecule is C=CCNC(=O)COc1c(Cl)cccc1CC(C)N. The molecular weight excluding hydrogens is 264 g/mol. The third-order valence-electron chi connectivity index (χ3n) is 2.38. The number of ether oxygens (including phenoxy) is 1. The monoisotopic (exact) mass is 282 g/mol. The highest BCUT2D eigenvalue weighted by molar-refractivity contribution is 6.32. The Hall–Kier alpha value is -1.52.